The Hall–Kier alpha value is -1.66. The number of anilines is 1. The first-order valence-corrected chi connectivity index (χ1v) is 12.0. The molecule has 1 aromatic rings. The molecule has 1 spiro atoms. The van der Waals surface area contributed by atoms with E-state index in [2.05, 4.69) is 38.7 Å². The first-order valence-electron chi connectivity index (χ1n) is 11.2. The van der Waals surface area contributed by atoms with Crippen LogP contribution in [0.15, 0.2) is 40.9 Å². The molecule has 0 heterocycles. The number of benzene rings is 1. The maximum absolute atomic E-state index is 13.3. The van der Waals surface area contributed by atoms with Crippen LogP contribution >= 0.6 is 15.9 Å². The molecular formula is C24H29BrN2O3. The molecule has 5 nitrogen and oxygen atoms in total. The van der Waals surface area contributed by atoms with Crippen LogP contribution in [0.25, 0.3) is 0 Å². The summed E-state index contributed by atoms with van der Waals surface area (Å²) in [5.41, 5.74) is 0.901. The van der Waals surface area contributed by atoms with Crippen molar-refractivity contribution >= 4 is 33.4 Å². The molecule has 4 aliphatic rings. The van der Waals surface area contributed by atoms with Crippen LogP contribution in [0.1, 0.15) is 38.5 Å². The highest BCUT2D eigenvalue weighted by molar-refractivity contribution is 9.10. The van der Waals surface area contributed by atoms with E-state index in [1.165, 1.54) is 0 Å². The molecule has 3 fully saturated rings. The summed E-state index contributed by atoms with van der Waals surface area (Å²) in [5.74, 6) is 0.166. The van der Waals surface area contributed by atoms with E-state index in [1.54, 1.807) is 0 Å². The smallest absolute Gasteiger partial charge is 0.228 e. The molecule has 0 aliphatic heterocycles. The number of aliphatic hydroxyl groups is 1. The van der Waals surface area contributed by atoms with E-state index >= 15 is 0 Å². The van der Waals surface area contributed by atoms with E-state index in [9.17, 15) is 14.7 Å². The average Bonchev–Trinajstić information content (AvgIpc) is 3.41. The van der Waals surface area contributed by atoms with Crippen molar-refractivity contribution in [3.8, 4) is 0 Å². The van der Waals surface area contributed by atoms with Gasteiger partial charge in [0.05, 0.1) is 17.9 Å². The number of hydrogen-bond donors (Lipinski definition) is 3. The second-order valence-electron chi connectivity index (χ2n) is 9.64. The molecule has 0 saturated heterocycles. The minimum Gasteiger partial charge on any atom is -0.393 e. The highest BCUT2D eigenvalue weighted by atomic mass is 79.9. The van der Waals surface area contributed by atoms with Gasteiger partial charge in [0, 0.05) is 16.7 Å². The Balaban J connectivity index is 1.29. The molecule has 0 radical (unpaired) electrons. The number of allylic oxidation sites excluding steroid dienone is 2. The van der Waals surface area contributed by atoms with Gasteiger partial charge >= 0.3 is 0 Å². The molecule has 4 atom stereocenters. The zero-order valence-corrected chi connectivity index (χ0v) is 18.6. The average molecular weight is 473 g/mol. The number of nitrogens with one attached hydrogen (secondary N) is 2. The summed E-state index contributed by atoms with van der Waals surface area (Å²) >= 11 is 3.42. The van der Waals surface area contributed by atoms with Crippen molar-refractivity contribution in [3.05, 3.63) is 40.9 Å². The largest absolute Gasteiger partial charge is 0.393 e. The lowest BCUT2D eigenvalue weighted by Gasteiger charge is -2.29. The first kappa shape index (κ1) is 20.3. The van der Waals surface area contributed by atoms with Crippen molar-refractivity contribution in [1.29, 1.82) is 0 Å². The van der Waals surface area contributed by atoms with Gasteiger partial charge in [-0.25, -0.2) is 0 Å². The second kappa shape index (κ2) is 7.79. The second-order valence-corrected chi connectivity index (χ2v) is 10.6. The van der Waals surface area contributed by atoms with Crippen LogP contribution in [-0.4, -0.2) is 29.6 Å². The monoisotopic (exact) mass is 472 g/mol. The van der Waals surface area contributed by atoms with E-state index in [0.717, 1.165) is 48.7 Å². The van der Waals surface area contributed by atoms with Crippen LogP contribution < -0.4 is 10.6 Å². The summed E-state index contributed by atoms with van der Waals surface area (Å²) in [6, 6.07) is 7.57. The normalized spacial score (nSPS) is 35.4. The fourth-order valence-corrected chi connectivity index (χ4v) is 6.44. The van der Waals surface area contributed by atoms with Gasteiger partial charge in [-0.1, -0.05) is 28.1 Å². The Bertz CT molecular complexity index is 856. The number of hydrogen-bond acceptors (Lipinski definition) is 3. The quantitative estimate of drug-likeness (QED) is 0.568. The summed E-state index contributed by atoms with van der Waals surface area (Å²) in [7, 11) is 0. The summed E-state index contributed by atoms with van der Waals surface area (Å²) < 4.78 is 0.966. The Kier molecular flexibility index (Phi) is 5.26. The fraction of sp³-hybridized carbons (Fsp3) is 0.583. The van der Waals surface area contributed by atoms with E-state index in [4.69, 9.17) is 0 Å². The molecule has 2 amide bonds. The summed E-state index contributed by atoms with van der Waals surface area (Å²) in [6.07, 6.45) is 9.97. The minimum atomic E-state index is -0.306. The predicted octanol–water partition coefficient (Wildman–Crippen LogP) is 3.88. The van der Waals surface area contributed by atoms with Gasteiger partial charge in [-0.05, 0) is 86.0 Å². The van der Waals surface area contributed by atoms with Crippen LogP contribution in [0.2, 0.25) is 0 Å². The summed E-state index contributed by atoms with van der Waals surface area (Å²) in [4.78, 5) is 26.6. The van der Waals surface area contributed by atoms with Crippen molar-refractivity contribution in [2.45, 2.75) is 44.6 Å². The molecule has 160 valence electrons. The van der Waals surface area contributed by atoms with Crippen molar-refractivity contribution < 1.29 is 14.7 Å². The number of amides is 2. The molecule has 30 heavy (non-hydrogen) atoms. The molecule has 3 N–H and O–H groups in total. The van der Waals surface area contributed by atoms with Crippen LogP contribution in [-0.2, 0) is 9.59 Å². The Labute approximate surface area is 185 Å². The number of rotatable bonds is 5. The molecule has 3 saturated carbocycles. The molecule has 0 aromatic heterocycles. The lowest BCUT2D eigenvalue weighted by molar-refractivity contribution is -0.133. The number of carbonyl (C=O) groups is 2. The standard InChI is InChI=1S/C24H29BrN2O3/c25-15-3-5-16(6-4-15)27-23(30)21-19-10-9-18(24(19)11-12-24)20(21)22(29)26-13-14-1-7-17(28)8-2-14/h3-6,9-10,14,17-21,28H,1-2,7-8,11-13H2,(H,26,29)(H,27,30)/t14?,17?,18-,19+,20-,21-/m1/s1. The van der Waals surface area contributed by atoms with Crippen molar-refractivity contribution in [3.63, 3.8) is 0 Å². The lowest BCUT2D eigenvalue weighted by Crippen LogP contribution is -2.43. The van der Waals surface area contributed by atoms with Gasteiger partial charge in [-0.2, -0.15) is 0 Å². The van der Waals surface area contributed by atoms with Crippen molar-refractivity contribution in [2.75, 3.05) is 11.9 Å². The summed E-state index contributed by atoms with van der Waals surface area (Å²) in [6.45, 7) is 0.650. The van der Waals surface area contributed by atoms with Gasteiger partial charge in [0.2, 0.25) is 11.8 Å². The molecule has 4 aliphatic carbocycles. The van der Waals surface area contributed by atoms with Crippen LogP contribution in [0, 0.1) is 35.0 Å². The van der Waals surface area contributed by atoms with Gasteiger partial charge in [-0.3, -0.25) is 9.59 Å². The third-order valence-corrected chi connectivity index (χ3v) is 8.47. The van der Waals surface area contributed by atoms with E-state index in [0.29, 0.717) is 12.5 Å². The third kappa shape index (κ3) is 3.52. The highest BCUT2D eigenvalue weighted by Gasteiger charge is 2.69. The fourth-order valence-electron chi connectivity index (χ4n) is 6.18. The zero-order valence-electron chi connectivity index (χ0n) is 17.0. The van der Waals surface area contributed by atoms with Crippen LogP contribution in [0.3, 0.4) is 0 Å². The molecule has 1 aromatic carbocycles. The van der Waals surface area contributed by atoms with E-state index in [-0.39, 0.29) is 47.0 Å². The zero-order chi connectivity index (χ0) is 20.9. The first-order chi connectivity index (χ1) is 14.5. The topological polar surface area (TPSA) is 78.4 Å². The number of halogens is 1. The van der Waals surface area contributed by atoms with Gasteiger partial charge in [0.1, 0.15) is 0 Å². The molecule has 6 heteroatoms. The van der Waals surface area contributed by atoms with Crippen molar-refractivity contribution in [1.82, 2.24) is 5.32 Å². The Morgan fingerprint density at radius 1 is 0.967 bits per heavy atom. The molecule has 5 rings (SSSR count). The Morgan fingerprint density at radius 2 is 1.57 bits per heavy atom. The van der Waals surface area contributed by atoms with E-state index < -0.39 is 0 Å². The number of aliphatic hydroxyl groups excluding tert-OH is 1. The molecular weight excluding hydrogens is 444 g/mol. The summed E-state index contributed by atoms with van der Waals surface area (Å²) in [5, 5.41) is 15.9. The number of carbonyl (C=O) groups excluding carboxylic acids is 2. The SMILES string of the molecule is O=C(NCC1CCC(O)CC1)[C@H]1[C@H](C(=O)Nc2ccc(Br)cc2)[C@@H]2C=C[C@H]1C21CC1. The molecule has 0 unspecified atom stereocenters. The van der Waals surface area contributed by atoms with Gasteiger partial charge in [-0.15, -0.1) is 0 Å². The molecule has 2 bridgehead atoms. The van der Waals surface area contributed by atoms with Gasteiger partial charge in [0.25, 0.3) is 0 Å². The maximum atomic E-state index is 13.3. The lowest BCUT2D eigenvalue weighted by atomic mass is 9.81. The minimum absolute atomic E-state index is 0.0280. The van der Waals surface area contributed by atoms with Gasteiger partial charge < -0.3 is 15.7 Å². The van der Waals surface area contributed by atoms with Gasteiger partial charge in [0.15, 0.2) is 0 Å². The predicted molar refractivity (Wildman–Crippen MR) is 119 cm³/mol. The van der Waals surface area contributed by atoms with Crippen LogP contribution in [0.4, 0.5) is 5.69 Å². The third-order valence-electron chi connectivity index (χ3n) is 7.94. The Morgan fingerprint density at radius 3 is 2.17 bits per heavy atom. The van der Waals surface area contributed by atoms with E-state index in [1.807, 2.05) is 24.3 Å². The van der Waals surface area contributed by atoms with Crippen LogP contribution in [0.5, 0.6) is 0 Å². The maximum Gasteiger partial charge on any atom is 0.228 e. The van der Waals surface area contributed by atoms with Crippen molar-refractivity contribution in [2.24, 2.45) is 35.0 Å². The highest BCUT2D eigenvalue weighted by Crippen LogP contribution is 2.72.